The zero-order chi connectivity index (χ0) is 15.0. The third kappa shape index (κ3) is 5.14. The van der Waals surface area contributed by atoms with Gasteiger partial charge in [0.1, 0.15) is 5.75 Å². The van der Waals surface area contributed by atoms with Gasteiger partial charge in [-0.15, -0.1) is 0 Å². The minimum atomic E-state index is -0.718. The van der Waals surface area contributed by atoms with E-state index in [9.17, 15) is 4.79 Å². The van der Waals surface area contributed by atoms with Crippen molar-refractivity contribution in [1.82, 2.24) is 0 Å². The second kappa shape index (κ2) is 7.99. The van der Waals surface area contributed by atoms with Crippen molar-refractivity contribution in [3.05, 3.63) is 35.4 Å². The molecule has 0 aromatic heterocycles. The summed E-state index contributed by atoms with van der Waals surface area (Å²) in [4.78, 5) is 16.1. The van der Waals surface area contributed by atoms with Gasteiger partial charge in [-0.2, -0.15) is 0 Å². The highest BCUT2D eigenvalue weighted by Gasteiger charge is 2.13. The largest absolute Gasteiger partial charge is 0.497 e. The Hall–Kier alpha value is -2.30. The molecule has 0 spiro atoms. The highest BCUT2D eigenvalue weighted by Crippen LogP contribution is 2.13. The molecule has 1 aromatic rings. The van der Waals surface area contributed by atoms with Crippen LogP contribution in [0.5, 0.6) is 5.75 Å². The smallest absolute Gasteiger partial charge is 0.349 e. The Balaban J connectivity index is 2.58. The number of esters is 1. The van der Waals surface area contributed by atoms with Gasteiger partial charge >= 0.3 is 5.97 Å². The molecule has 108 valence electrons. The molecule has 5 heteroatoms. The van der Waals surface area contributed by atoms with Crippen molar-refractivity contribution in [2.75, 3.05) is 14.2 Å². The maximum Gasteiger partial charge on any atom is 0.349 e. The molecule has 5 nitrogen and oxygen atoms in total. The fraction of sp³-hybridized carbons (Fsp3) is 0.333. The number of benzene rings is 1. The molecule has 1 aromatic carbocycles. The Bertz CT molecular complexity index is 491. The van der Waals surface area contributed by atoms with E-state index in [2.05, 4.69) is 9.89 Å². The lowest BCUT2D eigenvalue weighted by Crippen LogP contribution is -2.19. The van der Waals surface area contributed by atoms with Gasteiger partial charge in [0.25, 0.3) is 0 Å². The number of hydrogen-bond donors (Lipinski definition) is 0. The molecular formula is C15H19NO4. The number of allylic oxidation sites excluding steroid dienone is 1. The zero-order valence-electron chi connectivity index (χ0n) is 12.1. The number of methoxy groups -OCH3 is 2. The number of carbonyl (C=O) groups is 1. The SMILES string of the molecule is COC(=O)C(C)O/N=C/C(C)=C/c1ccc(OC)cc1. The average molecular weight is 277 g/mol. The Kier molecular flexibility index (Phi) is 6.29. The second-order valence-electron chi connectivity index (χ2n) is 4.17. The molecule has 0 bridgehead atoms. The summed E-state index contributed by atoms with van der Waals surface area (Å²) >= 11 is 0. The van der Waals surface area contributed by atoms with Crippen molar-refractivity contribution in [2.45, 2.75) is 20.0 Å². The number of carbonyl (C=O) groups excluding carboxylic acids is 1. The third-order valence-corrected chi connectivity index (χ3v) is 2.52. The summed E-state index contributed by atoms with van der Waals surface area (Å²) in [6.07, 6.45) is 2.77. The van der Waals surface area contributed by atoms with Crippen LogP contribution in [0.2, 0.25) is 0 Å². The standard InChI is InChI=1S/C15H19NO4/c1-11(10-16-20-12(2)15(17)19-4)9-13-5-7-14(18-3)8-6-13/h5-10,12H,1-4H3/b11-9+,16-10+. The third-order valence-electron chi connectivity index (χ3n) is 2.52. The van der Waals surface area contributed by atoms with Crippen LogP contribution in [-0.2, 0) is 14.4 Å². The Morgan fingerprint density at radius 3 is 2.45 bits per heavy atom. The van der Waals surface area contributed by atoms with Crippen molar-refractivity contribution >= 4 is 18.3 Å². The monoisotopic (exact) mass is 277 g/mol. The second-order valence-corrected chi connectivity index (χ2v) is 4.17. The Labute approximate surface area is 118 Å². The minimum Gasteiger partial charge on any atom is -0.497 e. The lowest BCUT2D eigenvalue weighted by molar-refractivity contribution is -0.152. The summed E-state index contributed by atoms with van der Waals surface area (Å²) in [5.74, 6) is 0.350. The van der Waals surface area contributed by atoms with Gasteiger partial charge in [0, 0.05) is 0 Å². The quantitative estimate of drug-likeness (QED) is 0.455. The first kappa shape index (κ1) is 15.8. The molecular weight excluding hydrogens is 258 g/mol. The van der Waals surface area contributed by atoms with E-state index in [1.54, 1.807) is 20.2 Å². The van der Waals surface area contributed by atoms with Crippen molar-refractivity contribution in [3.8, 4) is 5.75 Å². The molecule has 0 aliphatic carbocycles. The summed E-state index contributed by atoms with van der Waals surface area (Å²) in [6, 6.07) is 7.64. The molecule has 1 unspecified atom stereocenters. The van der Waals surface area contributed by atoms with Crippen LogP contribution in [-0.4, -0.2) is 32.5 Å². The first-order chi connectivity index (χ1) is 9.56. The topological polar surface area (TPSA) is 57.1 Å². The fourth-order valence-corrected chi connectivity index (χ4v) is 1.41. The zero-order valence-corrected chi connectivity index (χ0v) is 12.1. The predicted molar refractivity (Wildman–Crippen MR) is 77.7 cm³/mol. The van der Waals surface area contributed by atoms with Crippen LogP contribution in [0.25, 0.3) is 6.08 Å². The van der Waals surface area contributed by atoms with Crippen LogP contribution in [0.1, 0.15) is 19.4 Å². The highest BCUT2D eigenvalue weighted by molar-refractivity contribution is 5.84. The number of rotatable bonds is 6. The lowest BCUT2D eigenvalue weighted by atomic mass is 10.1. The summed E-state index contributed by atoms with van der Waals surface area (Å²) in [6.45, 7) is 3.46. The van der Waals surface area contributed by atoms with Crippen LogP contribution in [0, 0.1) is 0 Å². The lowest BCUT2D eigenvalue weighted by Gasteiger charge is -2.05. The summed E-state index contributed by atoms with van der Waals surface area (Å²) in [7, 11) is 2.93. The van der Waals surface area contributed by atoms with Gasteiger partial charge in [-0.25, -0.2) is 4.79 Å². The van der Waals surface area contributed by atoms with Crippen LogP contribution in [0.15, 0.2) is 35.0 Å². The average Bonchev–Trinajstić information content (AvgIpc) is 2.47. The van der Waals surface area contributed by atoms with E-state index in [1.165, 1.54) is 7.11 Å². The van der Waals surface area contributed by atoms with Gasteiger partial charge in [0.05, 0.1) is 20.4 Å². The maximum atomic E-state index is 11.1. The van der Waals surface area contributed by atoms with Gasteiger partial charge in [-0.3, -0.25) is 0 Å². The molecule has 0 saturated heterocycles. The molecule has 0 heterocycles. The van der Waals surface area contributed by atoms with Crippen LogP contribution >= 0.6 is 0 Å². The molecule has 1 atom stereocenters. The van der Waals surface area contributed by atoms with E-state index in [0.717, 1.165) is 16.9 Å². The summed E-state index contributed by atoms with van der Waals surface area (Å²) < 4.78 is 9.61. The normalized spacial score (nSPS) is 13.1. The first-order valence-corrected chi connectivity index (χ1v) is 6.16. The van der Waals surface area contributed by atoms with Gasteiger partial charge in [0.2, 0.25) is 6.10 Å². The minimum absolute atomic E-state index is 0.459. The molecule has 1 rings (SSSR count). The van der Waals surface area contributed by atoms with Gasteiger partial charge < -0.3 is 14.3 Å². The summed E-state index contributed by atoms with van der Waals surface area (Å²) in [5, 5.41) is 3.75. The van der Waals surface area contributed by atoms with Crippen LogP contribution in [0.3, 0.4) is 0 Å². The maximum absolute atomic E-state index is 11.1. The Morgan fingerprint density at radius 2 is 1.90 bits per heavy atom. The predicted octanol–water partition coefficient (Wildman–Crippen LogP) is 2.66. The van der Waals surface area contributed by atoms with E-state index < -0.39 is 12.1 Å². The number of nitrogens with zero attached hydrogens (tertiary/aromatic N) is 1. The molecule has 20 heavy (non-hydrogen) atoms. The van der Waals surface area contributed by atoms with E-state index in [4.69, 9.17) is 9.57 Å². The van der Waals surface area contributed by atoms with Crippen molar-refractivity contribution < 1.29 is 19.1 Å². The van der Waals surface area contributed by atoms with E-state index in [1.807, 2.05) is 37.3 Å². The van der Waals surface area contributed by atoms with Gasteiger partial charge in [0.15, 0.2) is 0 Å². The molecule has 0 saturated carbocycles. The van der Waals surface area contributed by atoms with Crippen molar-refractivity contribution in [2.24, 2.45) is 5.16 Å². The van der Waals surface area contributed by atoms with Crippen LogP contribution < -0.4 is 4.74 Å². The fourth-order valence-electron chi connectivity index (χ4n) is 1.41. The first-order valence-electron chi connectivity index (χ1n) is 6.16. The van der Waals surface area contributed by atoms with Crippen molar-refractivity contribution in [1.29, 1.82) is 0 Å². The molecule has 0 aliphatic heterocycles. The number of hydrogen-bond acceptors (Lipinski definition) is 5. The number of ether oxygens (including phenoxy) is 2. The Morgan fingerprint density at radius 1 is 1.25 bits per heavy atom. The number of oxime groups is 1. The molecule has 0 N–H and O–H groups in total. The highest BCUT2D eigenvalue weighted by atomic mass is 16.7. The summed E-state index contributed by atoms with van der Waals surface area (Å²) in [5.41, 5.74) is 1.92. The van der Waals surface area contributed by atoms with E-state index in [0.29, 0.717) is 0 Å². The van der Waals surface area contributed by atoms with E-state index in [-0.39, 0.29) is 0 Å². The van der Waals surface area contributed by atoms with Crippen molar-refractivity contribution in [3.63, 3.8) is 0 Å². The molecule has 0 amide bonds. The van der Waals surface area contributed by atoms with E-state index >= 15 is 0 Å². The molecule has 0 radical (unpaired) electrons. The van der Waals surface area contributed by atoms with Gasteiger partial charge in [-0.1, -0.05) is 23.4 Å². The van der Waals surface area contributed by atoms with Crippen LogP contribution in [0.4, 0.5) is 0 Å². The van der Waals surface area contributed by atoms with Gasteiger partial charge in [-0.05, 0) is 37.1 Å². The molecule has 0 aliphatic rings. The molecule has 0 fully saturated rings.